The molecule has 0 saturated carbocycles. The van der Waals surface area contributed by atoms with Gasteiger partial charge in [-0.2, -0.15) is 0 Å². The van der Waals surface area contributed by atoms with Gasteiger partial charge in [0, 0.05) is 0 Å². The summed E-state index contributed by atoms with van der Waals surface area (Å²) in [5.41, 5.74) is 1.46. The molecule has 0 amide bonds. The molecular weight excluding hydrogens is 210 g/mol. The lowest BCUT2D eigenvalue weighted by Gasteiger charge is -2.24. The number of rotatable bonds is 6. The molecule has 0 heterocycles. The van der Waals surface area contributed by atoms with Crippen LogP contribution in [-0.4, -0.2) is 18.2 Å². The van der Waals surface area contributed by atoms with Gasteiger partial charge in [-0.25, -0.2) is 0 Å². The van der Waals surface area contributed by atoms with Gasteiger partial charge < -0.3 is 10.4 Å². The zero-order valence-corrected chi connectivity index (χ0v) is 11.5. The third-order valence-corrected chi connectivity index (χ3v) is 2.98. The lowest BCUT2D eigenvalue weighted by atomic mass is 9.91. The molecule has 0 aliphatic heterocycles. The Labute approximate surface area is 105 Å². The monoisotopic (exact) mass is 235 g/mol. The van der Waals surface area contributed by atoms with Crippen molar-refractivity contribution in [3.8, 4) is 0 Å². The van der Waals surface area contributed by atoms with Crippen molar-refractivity contribution in [2.75, 3.05) is 13.1 Å². The van der Waals surface area contributed by atoms with Crippen LogP contribution in [0.4, 0.5) is 0 Å². The molecule has 1 rings (SSSR count). The Hall–Kier alpha value is -0.860. The lowest BCUT2D eigenvalue weighted by Crippen LogP contribution is -2.29. The number of hydrogen-bond acceptors (Lipinski definition) is 2. The molecule has 0 aliphatic carbocycles. The highest BCUT2D eigenvalue weighted by molar-refractivity contribution is 5.26. The van der Waals surface area contributed by atoms with Crippen LogP contribution >= 0.6 is 0 Å². The van der Waals surface area contributed by atoms with Gasteiger partial charge in [0.05, 0.1) is 5.60 Å². The molecule has 0 aliphatic rings. The summed E-state index contributed by atoms with van der Waals surface area (Å²) >= 11 is 0. The Morgan fingerprint density at radius 1 is 1.35 bits per heavy atom. The van der Waals surface area contributed by atoms with E-state index in [1.54, 1.807) is 0 Å². The van der Waals surface area contributed by atoms with E-state index in [1.807, 2.05) is 19.1 Å². The average molecular weight is 235 g/mol. The van der Waals surface area contributed by atoms with E-state index in [9.17, 15) is 5.11 Å². The first-order valence-corrected chi connectivity index (χ1v) is 6.42. The predicted octanol–water partition coefficient (Wildman–Crippen LogP) is 2.84. The van der Waals surface area contributed by atoms with Crippen LogP contribution < -0.4 is 5.32 Å². The topological polar surface area (TPSA) is 32.3 Å². The van der Waals surface area contributed by atoms with Gasteiger partial charge in [-0.15, -0.1) is 0 Å². The summed E-state index contributed by atoms with van der Waals surface area (Å²) in [6.45, 7) is 10.2. The molecule has 0 fully saturated rings. The first-order chi connectivity index (χ1) is 7.92. The Morgan fingerprint density at radius 2 is 2.06 bits per heavy atom. The highest BCUT2D eigenvalue weighted by Crippen LogP contribution is 2.24. The molecule has 1 aromatic rings. The Bertz CT molecular complexity index is 345. The van der Waals surface area contributed by atoms with E-state index in [0.29, 0.717) is 5.92 Å². The number of benzene rings is 1. The molecule has 2 N–H and O–H groups in total. The smallest absolute Gasteiger partial charge is 0.0880 e. The number of nitrogens with one attached hydrogen (secondary N) is 1. The summed E-state index contributed by atoms with van der Waals surface area (Å²) in [6.07, 6.45) is 0.739. The molecular formula is C15H25NO. The van der Waals surface area contributed by atoms with Gasteiger partial charge in [0.25, 0.3) is 0 Å². The average Bonchev–Trinajstić information content (AvgIpc) is 2.24. The van der Waals surface area contributed by atoms with E-state index in [-0.39, 0.29) is 0 Å². The molecule has 1 unspecified atom stereocenters. The minimum Gasteiger partial charge on any atom is -0.385 e. The fourth-order valence-corrected chi connectivity index (χ4v) is 1.85. The molecule has 0 aromatic heterocycles. The zero-order valence-electron chi connectivity index (χ0n) is 11.5. The molecule has 2 heteroatoms. The van der Waals surface area contributed by atoms with Crippen molar-refractivity contribution in [1.82, 2.24) is 5.32 Å². The van der Waals surface area contributed by atoms with Gasteiger partial charge in [0.15, 0.2) is 0 Å². The second-order valence-corrected chi connectivity index (χ2v) is 5.49. The Kier molecular flexibility index (Phi) is 5.16. The van der Waals surface area contributed by atoms with E-state index < -0.39 is 5.60 Å². The highest BCUT2D eigenvalue weighted by atomic mass is 16.3. The quantitative estimate of drug-likeness (QED) is 0.743. The maximum Gasteiger partial charge on any atom is 0.0880 e. The summed E-state index contributed by atoms with van der Waals surface area (Å²) in [4.78, 5) is 0. The van der Waals surface area contributed by atoms with E-state index in [1.165, 1.54) is 5.56 Å². The van der Waals surface area contributed by atoms with E-state index >= 15 is 0 Å². The van der Waals surface area contributed by atoms with Crippen LogP contribution in [0, 0.1) is 12.8 Å². The van der Waals surface area contributed by atoms with Gasteiger partial charge in [0.1, 0.15) is 0 Å². The van der Waals surface area contributed by atoms with Crippen LogP contribution in [-0.2, 0) is 5.60 Å². The zero-order chi connectivity index (χ0) is 12.9. The van der Waals surface area contributed by atoms with Crippen molar-refractivity contribution in [2.45, 2.75) is 39.7 Å². The van der Waals surface area contributed by atoms with Crippen LogP contribution in [0.2, 0.25) is 0 Å². The van der Waals surface area contributed by atoms with Crippen LogP contribution in [0.5, 0.6) is 0 Å². The van der Waals surface area contributed by atoms with Gasteiger partial charge in [-0.05, 0) is 44.8 Å². The fraction of sp³-hybridized carbons (Fsp3) is 0.600. The van der Waals surface area contributed by atoms with Crippen molar-refractivity contribution in [3.05, 3.63) is 35.4 Å². The second kappa shape index (κ2) is 6.18. The summed E-state index contributed by atoms with van der Waals surface area (Å²) in [6, 6.07) is 8.11. The van der Waals surface area contributed by atoms with Crippen LogP contribution in [0.3, 0.4) is 0 Å². The minimum atomic E-state index is -0.740. The summed E-state index contributed by atoms with van der Waals surface area (Å²) in [7, 11) is 0. The third-order valence-electron chi connectivity index (χ3n) is 2.98. The van der Waals surface area contributed by atoms with Gasteiger partial charge in [-0.1, -0.05) is 43.7 Å². The van der Waals surface area contributed by atoms with Gasteiger partial charge >= 0.3 is 0 Å². The molecule has 17 heavy (non-hydrogen) atoms. The molecule has 0 spiro atoms. The maximum atomic E-state index is 10.4. The number of aliphatic hydroxyl groups is 1. The standard InChI is InChI=1S/C15H25NO/c1-12(2)11-16-9-8-15(4,17)14-7-5-6-13(3)10-14/h5-7,10,12,16-17H,8-9,11H2,1-4H3. The summed E-state index contributed by atoms with van der Waals surface area (Å²) in [5.74, 6) is 0.652. The van der Waals surface area contributed by atoms with Crippen molar-refractivity contribution < 1.29 is 5.11 Å². The van der Waals surface area contributed by atoms with E-state index in [2.05, 4.69) is 38.2 Å². The van der Waals surface area contributed by atoms with Gasteiger partial charge in [0.2, 0.25) is 0 Å². The molecule has 1 atom stereocenters. The lowest BCUT2D eigenvalue weighted by molar-refractivity contribution is 0.0478. The highest BCUT2D eigenvalue weighted by Gasteiger charge is 2.22. The van der Waals surface area contributed by atoms with E-state index in [4.69, 9.17) is 0 Å². The minimum absolute atomic E-state index is 0.652. The first-order valence-electron chi connectivity index (χ1n) is 6.42. The molecule has 0 bridgehead atoms. The Morgan fingerprint density at radius 3 is 2.65 bits per heavy atom. The Balaban J connectivity index is 2.50. The summed E-state index contributed by atoms with van der Waals surface area (Å²) < 4.78 is 0. The van der Waals surface area contributed by atoms with Crippen LogP contribution in [0.1, 0.15) is 38.3 Å². The molecule has 0 saturated heterocycles. The van der Waals surface area contributed by atoms with Crippen molar-refractivity contribution in [3.63, 3.8) is 0 Å². The molecule has 96 valence electrons. The second-order valence-electron chi connectivity index (χ2n) is 5.49. The normalized spacial score (nSPS) is 14.9. The molecule has 1 aromatic carbocycles. The van der Waals surface area contributed by atoms with Crippen molar-refractivity contribution in [1.29, 1.82) is 0 Å². The SMILES string of the molecule is Cc1cccc(C(C)(O)CCNCC(C)C)c1. The van der Waals surface area contributed by atoms with Crippen molar-refractivity contribution in [2.24, 2.45) is 5.92 Å². The van der Waals surface area contributed by atoms with Crippen molar-refractivity contribution >= 4 is 0 Å². The fourth-order valence-electron chi connectivity index (χ4n) is 1.85. The largest absolute Gasteiger partial charge is 0.385 e. The predicted molar refractivity (Wildman–Crippen MR) is 73.1 cm³/mol. The first kappa shape index (κ1) is 14.2. The number of hydrogen-bond donors (Lipinski definition) is 2. The summed E-state index contributed by atoms with van der Waals surface area (Å²) in [5, 5.41) is 13.8. The number of aryl methyl sites for hydroxylation is 1. The van der Waals surface area contributed by atoms with Gasteiger partial charge in [-0.3, -0.25) is 0 Å². The molecule has 2 nitrogen and oxygen atoms in total. The van der Waals surface area contributed by atoms with Crippen LogP contribution in [0.25, 0.3) is 0 Å². The maximum absolute atomic E-state index is 10.4. The third kappa shape index (κ3) is 4.88. The molecule has 0 radical (unpaired) electrons. The van der Waals surface area contributed by atoms with E-state index in [0.717, 1.165) is 25.1 Å². The van der Waals surface area contributed by atoms with Crippen LogP contribution in [0.15, 0.2) is 24.3 Å².